The zero-order valence-corrected chi connectivity index (χ0v) is 19.0. The van der Waals surface area contributed by atoms with Gasteiger partial charge in [0, 0.05) is 25.2 Å². The first-order valence-electron chi connectivity index (χ1n) is 10.7. The van der Waals surface area contributed by atoms with E-state index >= 15 is 0 Å². The van der Waals surface area contributed by atoms with Crippen LogP contribution in [0.1, 0.15) is 48.6 Å². The van der Waals surface area contributed by atoms with Crippen LogP contribution >= 0.6 is 0 Å². The Bertz CT molecular complexity index is 979. The number of benzene rings is 1. The topological polar surface area (TPSA) is 79.6 Å². The molecule has 0 aliphatic carbocycles. The average Bonchev–Trinajstić information content (AvgIpc) is 3.14. The van der Waals surface area contributed by atoms with Gasteiger partial charge in [0.2, 0.25) is 0 Å². The van der Waals surface area contributed by atoms with Crippen molar-refractivity contribution in [1.82, 2.24) is 10.2 Å². The van der Waals surface area contributed by atoms with Crippen molar-refractivity contribution < 1.29 is 22.0 Å². The number of amides is 1. The van der Waals surface area contributed by atoms with Gasteiger partial charge in [-0.2, -0.15) is 0 Å². The number of carbonyl (C=O) groups is 1. The molecule has 0 unspecified atom stereocenters. The van der Waals surface area contributed by atoms with Crippen LogP contribution in [0.25, 0.3) is 0 Å². The van der Waals surface area contributed by atoms with Crippen LogP contribution in [0.2, 0.25) is 0 Å². The molecule has 1 aliphatic rings. The van der Waals surface area contributed by atoms with Crippen molar-refractivity contribution in [3.8, 4) is 0 Å². The van der Waals surface area contributed by atoms with E-state index in [0.29, 0.717) is 18.4 Å². The lowest BCUT2D eigenvalue weighted by atomic mass is 9.92. The zero-order valence-electron chi connectivity index (χ0n) is 18.1. The molecule has 1 amide bonds. The molecule has 1 fully saturated rings. The van der Waals surface area contributed by atoms with Gasteiger partial charge in [-0.3, -0.25) is 4.79 Å². The standard InChI is InChI=1S/C23H31FN2O4S/c1-17-12-18(2)14-26(13-17)11-5-10-25-23(27)22-9-8-20(30-22)16-31(28,29)15-19-6-3-4-7-21(19)24/h3-4,6-9,17-18H,5,10-16H2,1-2H3,(H,25,27)/t17-,18-/m0/s1. The third-order valence-electron chi connectivity index (χ3n) is 5.46. The first-order chi connectivity index (χ1) is 14.7. The van der Waals surface area contributed by atoms with E-state index in [1.165, 1.54) is 36.8 Å². The summed E-state index contributed by atoms with van der Waals surface area (Å²) in [4.78, 5) is 14.7. The molecule has 0 spiro atoms. The Morgan fingerprint density at radius 3 is 2.55 bits per heavy atom. The van der Waals surface area contributed by atoms with E-state index in [-0.39, 0.29) is 28.7 Å². The smallest absolute Gasteiger partial charge is 0.286 e. The van der Waals surface area contributed by atoms with Gasteiger partial charge in [0.1, 0.15) is 17.3 Å². The highest BCUT2D eigenvalue weighted by molar-refractivity contribution is 7.89. The van der Waals surface area contributed by atoms with Crippen LogP contribution < -0.4 is 5.32 Å². The van der Waals surface area contributed by atoms with Gasteiger partial charge < -0.3 is 14.6 Å². The Morgan fingerprint density at radius 1 is 1.13 bits per heavy atom. The normalized spacial score (nSPS) is 20.0. The number of hydrogen-bond acceptors (Lipinski definition) is 5. The molecule has 2 heterocycles. The summed E-state index contributed by atoms with van der Waals surface area (Å²) in [6.45, 7) is 8.21. The molecule has 2 aromatic rings. The second-order valence-corrected chi connectivity index (χ2v) is 10.8. The van der Waals surface area contributed by atoms with Gasteiger partial charge in [0.15, 0.2) is 15.6 Å². The Balaban J connectivity index is 1.45. The molecule has 1 aliphatic heterocycles. The lowest BCUT2D eigenvalue weighted by Gasteiger charge is -2.34. The van der Waals surface area contributed by atoms with Crippen LogP contribution in [0, 0.1) is 17.7 Å². The summed E-state index contributed by atoms with van der Waals surface area (Å²) < 4.78 is 43.9. The van der Waals surface area contributed by atoms with Crippen LogP contribution in [0.5, 0.6) is 0 Å². The first kappa shape index (κ1) is 23.5. The van der Waals surface area contributed by atoms with Crippen molar-refractivity contribution >= 4 is 15.7 Å². The molecule has 3 rings (SSSR count). The maximum atomic E-state index is 13.7. The molecule has 8 heteroatoms. The summed E-state index contributed by atoms with van der Waals surface area (Å²) >= 11 is 0. The number of halogens is 1. The molecule has 1 saturated heterocycles. The van der Waals surface area contributed by atoms with Crippen molar-refractivity contribution in [3.63, 3.8) is 0 Å². The summed E-state index contributed by atoms with van der Waals surface area (Å²) in [6, 6.07) is 8.72. The predicted octanol–water partition coefficient (Wildman–Crippen LogP) is 3.63. The van der Waals surface area contributed by atoms with Crippen molar-refractivity contribution in [2.24, 2.45) is 11.8 Å². The molecule has 0 bridgehead atoms. The molecule has 0 radical (unpaired) electrons. The second kappa shape index (κ2) is 10.4. The van der Waals surface area contributed by atoms with E-state index in [4.69, 9.17) is 4.42 Å². The number of sulfone groups is 1. The quantitative estimate of drug-likeness (QED) is 0.590. The molecule has 31 heavy (non-hydrogen) atoms. The summed E-state index contributed by atoms with van der Waals surface area (Å²) in [5, 5.41) is 2.83. The van der Waals surface area contributed by atoms with E-state index in [9.17, 15) is 17.6 Å². The fourth-order valence-electron chi connectivity index (χ4n) is 4.26. The lowest BCUT2D eigenvalue weighted by Crippen LogP contribution is -2.40. The van der Waals surface area contributed by atoms with E-state index in [2.05, 4.69) is 24.1 Å². The van der Waals surface area contributed by atoms with Gasteiger partial charge in [-0.05, 0) is 49.4 Å². The first-order valence-corrected chi connectivity index (χ1v) is 12.6. The van der Waals surface area contributed by atoms with E-state index in [1.54, 1.807) is 6.07 Å². The maximum absolute atomic E-state index is 13.7. The van der Waals surface area contributed by atoms with Crippen LogP contribution in [-0.2, 0) is 21.3 Å². The van der Waals surface area contributed by atoms with Crippen molar-refractivity contribution in [3.05, 3.63) is 59.3 Å². The SMILES string of the molecule is C[C@H]1C[C@H](C)CN(CCCNC(=O)c2ccc(CS(=O)(=O)Cc3ccccc3F)o2)C1. The molecule has 0 saturated carbocycles. The van der Waals surface area contributed by atoms with E-state index in [0.717, 1.165) is 26.1 Å². The summed E-state index contributed by atoms with van der Waals surface area (Å²) in [5.74, 6) is -0.0781. The summed E-state index contributed by atoms with van der Waals surface area (Å²) in [6.07, 6.45) is 2.11. The van der Waals surface area contributed by atoms with E-state index < -0.39 is 21.4 Å². The summed E-state index contributed by atoms with van der Waals surface area (Å²) in [5.41, 5.74) is 0.115. The molecule has 170 valence electrons. The fourth-order valence-corrected chi connectivity index (χ4v) is 5.66. The Kier molecular flexibility index (Phi) is 7.89. The van der Waals surface area contributed by atoms with Crippen LogP contribution in [0.15, 0.2) is 40.8 Å². The number of furan rings is 1. The lowest BCUT2D eigenvalue weighted by molar-refractivity contribution is 0.0918. The van der Waals surface area contributed by atoms with Crippen LogP contribution in [0.4, 0.5) is 4.39 Å². The maximum Gasteiger partial charge on any atom is 0.286 e. The number of hydrogen-bond donors (Lipinski definition) is 1. The number of carbonyl (C=O) groups excluding carboxylic acids is 1. The molecule has 1 aromatic carbocycles. The van der Waals surface area contributed by atoms with E-state index in [1.807, 2.05) is 0 Å². The molecule has 6 nitrogen and oxygen atoms in total. The minimum atomic E-state index is -3.64. The minimum absolute atomic E-state index is 0.0799. The molecular weight excluding hydrogens is 419 g/mol. The van der Waals surface area contributed by atoms with Crippen molar-refractivity contribution in [2.75, 3.05) is 26.2 Å². The highest BCUT2D eigenvalue weighted by atomic mass is 32.2. The number of rotatable bonds is 9. The molecule has 2 atom stereocenters. The summed E-state index contributed by atoms with van der Waals surface area (Å²) in [7, 11) is -3.64. The van der Waals surface area contributed by atoms with Gasteiger partial charge >= 0.3 is 0 Å². The van der Waals surface area contributed by atoms with Crippen molar-refractivity contribution in [1.29, 1.82) is 0 Å². The third-order valence-corrected chi connectivity index (χ3v) is 6.94. The second-order valence-electron chi connectivity index (χ2n) is 8.70. The van der Waals surface area contributed by atoms with Crippen LogP contribution in [-0.4, -0.2) is 45.4 Å². The Hall–Kier alpha value is -2.19. The van der Waals surface area contributed by atoms with Gasteiger partial charge in [-0.25, -0.2) is 12.8 Å². The minimum Gasteiger partial charge on any atom is -0.455 e. The molecule has 1 N–H and O–H groups in total. The number of piperidine rings is 1. The fraction of sp³-hybridized carbons (Fsp3) is 0.522. The number of nitrogens with zero attached hydrogens (tertiary/aromatic N) is 1. The van der Waals surface area contributed by atoms with Gasteiger partial charge in [-0.1, -0.05) is 32.0 Å². The largest absolute Gasteiger partial charge is 0.455 e. The predicted molar refractivity (Wildman–Crippen MR) is 118 cm³/mol. The highest BCUT2D eigenvalue weighted by Gasteiger charge is 2.22. The zero-order chi connectivity index (χ0) is 22.4. The number of likely N-dealkylation sites (tertiary alicyclic amines) is 1. The highest BCUT2D eigenvalue weighted by Crippen LogP contribution is 2.21. The average molecular weight is 451 g/mol. The molecular formula is C23H31FN2O4S. The van der Waals surface area contributed by atoms with Gasteiger partial charge in [0.05, 0.1) is 5.75 Å². The molecule has 1 aromatic heterocycles. The van der Waals surface area contributed by atoms with Crippen molar-refractivity contribution in [2.45, 2.75) is 38.2 Å². The third kappa shape index (κ3) is 7.18. The Morgan fingerprint density at radius 2 is 1.84 bits per heavy atom. The Labute approximate surface area is 183 Å². The van der Waals surface area contributed by atoms with Gasteiger partial charge in [0.25, 0.3) is 5.91 Å². The number of nitrogens with one attached hydrogen (secondary N) is 1. The van der Waals surface area contributed by atoms with Crippen LogP contribution in [0.3, 0.4) is 0 Å². The van der Waals surface area contributed by atoms with Gasteiger partial charge in [-0.15, -0.1) is 0 Å². The monoisotopic (exact) mass is 450 g/mol.